The summed E-state index contributed by atoms with van der Waals surface area (Å²) in [5.41, 5.74) is 7.17. The quantitative estimate of drug-likeness (QED) is 0.174. The monoisotopic (exact) mass is 524 g/mol. The minimum Gasteiger partial charge on any atom is -0.456 e. The van der Waals surface area contributed by atoms with Crippen LogP contribution in [-0.4, -0.2) is 9.97 Å². The Kier molecular flexibility index (Phi) is 4.72. The van der Waals surface area contributed by atoms with Crippen LogP contribution in [0.25, 0.3) is 55.7 Å². The molecule has 152 valence electrons. The van der Waals surface area contributed by atoms with Gasteiger partial charge in [-0.25, -0.2) is 9.97 Å². The Balaban J connectivity index is 1.38. The van der Waals surface area contributed by atoms with Crippen molar-refractivity contribution in [3.63, 3.8) is 0 Å². The van der Waals surface area contributed by atoms with Gasteiger partial charge in [-0.05, 0) is 58.0 Å². The van der Waals surface area contributed by atoms with Gasteiger partial charge in [0.25, 0.3) is 0 Å². The molecule has 3 nitrogen and oxygen atoms in total. The number of nitrogens with zero attached hydrogens (tertiary/aromatic N) is 2. The van der Waals surface area contributed by atoms with Gasteiger partial charge in [0, 0.05) is 21.9 Å². The Morgan fingerprint density at radius 3 is 2.06 bits per heavy atom. The van der Waals surface area contributed by atoms with Gasteiger partial charge in [0.15, 0.2) is 5.82 Å². The molecular formula is C28H17IN2O. The molecule has 0 unspecified atom stereocenters. The summed E-state index contributed by atoms with van der Waals surface area (Å²) in [5, 5.41) is 2.28. The van der Waals surface area contributed by atoms with Gasteiger partial charge in [-0.15, -0.1) is 0 Å². The van der Waals surface area contributed by atoms with E-state index in [-0.39, 0.29) is 0 Å². The van der Waals surface area contributed by atoms with Crippen molar-refractivity contribution in [2.24, 2.45) is 0 Å². The minimum absolute atomic E-state index is 0.744. The lowest BCUT2D eigenvalue weighted by molar-refractivity contribution is 0.669. The molecule has 0 amide bonds. The van der Waals surface area contributed by atoms with E-state index in [0.717, 1.165) is 59.4 Å². The van der Waals surface area contributed by atoms with Crippen LogP contribution in [-0.2, 0) is 0 Å². The van der Waals surface area contributed by atoms with Crippen LogP contribution in [0.15, 0.2) is 108 Å². The predicted molar refractivity (Wildman–Crippen MR) is 138 cm³/mol. The number of furan rings is 1. The number of rotatable bonds is 3. The zero-order chi connectivity index (χ0) is 21.5. The second-order valence-electron chi connectivity index (χ2n) is 7.65. The number of halogens is 1. The Labute approximate surface area is 198 Å². The summed E-state index contributed by atoms with van der Waals surface area (Å²) in [6, 6.07) is 35.2. The first-order chi connectivity index (χ1) is 15.7. The predicted octanol–water partition coefficient (Wildman–Crippen LogP) is 7.98. The molecular weight excluding hydrogens is 507 g/mol. The van der Waals surface area contributed by atoms with Crippen molar-refractivity contribution in [1.82, 2.24) is 9.97 Å². The van der Waals surface area contributed by atoms with Gasteiger partial charge >= 0.3 is 0 Å². The zero-order valence-corrected chi connectivity index (χ0v) is 19.2. The molecule has 0 aliphatic rings. The SMILES string of the molecule is Ic1cc(-c2ccc(-c3ccc4oc5ccccc5c4c3)cc2)nc(-c2ccccc2)n1. The molecule has 0 saturated heterocycles. The molecule has 32 heavy (non-hydrogen) atoms. The lowest BCUT2D eigenvalue weighted by Gasteiger charge is -2.07. The number of fused-ring (bicyclic) bond motifs is 3. The van der Waals surface area contributed by atoms with Crippen LogP contribution >= 0.6 is 22.6 Å². The standard InChI is InChI=1S/C28H17IN2O/c29-27-17-24(30-28(31-27)20-6-2-1-3-7-20)19-12-10-18(11-13-19)21-14-15-26-23(16-21)22-8-4-5-9-25(22)32-26/h1-17H. The third-order valence-corrected chi connectivity index (χ3v) is 6.17. The van der Waals surface area contributed by atoms with Crippen molar-refractivity contribution in [2.75, 3.05) is 0 Å². The minimum atomic E-state index is 0.744. The highest BCUT2D eigenvalue weighted by Gasteiger charge is 2.10. The first-order valence-corrected chi connectivity index (χ1v) is 11.4. The molecule has 4 aromatic carbocycles. The average Bonchev–Trinajstić information content (AvgIpc) is 3.22. The Hall–Kier alpha value is -3.51. The van der Waals surface area contributed by atoms with E-state index in [1.54, 1.807) is 0 Å². The summed E-state index contributed by atoms with van der Waals surface area (Å²) >= 11 is 2.25. The van der Waals surface area contributed by atoms with Crippen molar-refractivity contribution >= 4 is 44.5 Å². The molecule has 4 heteroatoms. The second-order valence-corrected chi connectivity index (χ2v) is 8.76. The van der Waals surface area contributed by atoms with Crippen LogP contribution in [0.1, 0.15) is 0 Å². The van der Waals surface area contributed by atoms with E-state index in [1.807, 2.05) is 54.6 Å². The van der Waals surface area contributed by atoms with Gasteiger partial charge in [0.1, 0.15) is 14.9 Å². The molecule has 2 heterocycles. The van der Waals surface area contributed by atoms with E-state index in [4.69, 9.17) is 9.40 Å². The second kappa shape index (κ2) is 7.88. The fourth-order valence-electron chi connectivity index (χ4n) is 4.02. The van der Waals surface area contributed by atoms with E-state index >= 15 is 0 Å². The van der Waals surface area contributed by atoms with Crippen molar-refractivity contribution < 1.29 is 4.42 Å². The highest BCUT2D eigenvalue weighted by Crippen LogP contribution is 2.33. The number of benzene rings is 4. The average molecular weight is 524 g/mol. The maximum Gasteiger partial charge on any atom is 0.160 e. The molecule has 2 aromatic heterocycles. The highest BCUT2D eigenvalue weighted by atomic mass is 127. The van der Waals surface area contributed by atoms with Gasteiger partial charge < -0.3 is 4.42 Å². The molecule has 0 saturated carbocycles. The van der Waals surface area contributed by atoms with Gasteiger partial charge in [-0.1, -0.05) is 78.9 Å². The zero-order valence-electron chi connectivity index (χ0n) is 17.0. The van der Waals surface area contributed by atoms with Gasteiger partial charge in [-0.3, -0.25) is 0 Å². The summed E-state index contributed by atoms with van der Waals surface area (Å²) in [4.78, 5) is 9.43. The van der Waals surface area contributed by atoms with E-state index in [2.05, 4.69) is 76.1 Å². The van der Waals surface area contributed by atoms with Crippen molar-refractivity contribution in [1.29, 1.82) is 0 Å². The highest BCUT2D eigenvalue weighted by molar-refractivity contribution is 14.1. The number of aromatic nitrogens is 2. The molecule has 0 bridgehead atoms. The molecule has 0 atom stereocenters. The smallest absolute Gasteiger partial charge is 0.160 e. The molecule has 6 aromatic rings. The summed E-state index contributed by atoms with van der Waals surface area (Å²) in [6.07, 6.45) is 0. The van der Waals surface area contributed by atoms with E-state index in [0.29, 0.717) is 0 Å². The first-order valence-electron chi connectivity index (χ1n) is 10.4. The van der Waals surface area contributed by atoms with E-state index < -0.39 is 0 Å². The van der Waals surface area contributed by atoms with Crippen LogP contribution in [0.5, 0.6) is 0 Å². The fourth-order valence-corrected chi connectivity index (χ4v) is 4.54. The Bertz CT molecular complexity index is 1570. The lowest BCUT2D eigenvalue weighted by atomic mass is 10.0. The third kappa shape index (κ3) is 3.46. The molecule has 0 fully saturated rings. The molecule has 0 N–H and O–H groups in total. The van der Waals surface area contributed by atoms with Gasteiger partial charge in [-0.2, -0.15) is 0 Å². The van der Waals surface area contributed by atoms with Crippen LogP contribution in [0.3, 0.4) is 0 Å². The Morgan fingerprint density at radius 1 is 0.531 bits per heavy atom. The molecule has 0 spiro atoms. The fraction of sp³-hybridized carbons (Fsp3) is 0. The summed E-state index contributed by atoms with van der Waals surface area (Å²) < 4.78 is 6.89. The van der Waals surface area contributed by atoms with Crippen LogP contribution in [0, 0.1) is 3.70 Å². The summed E-state index contributed by atoms with van der Waals surface area (Å²) in [6.45, 7) is 0. The third-order valence-electron chi connectivity index (χ3n) is 5.62. The van der Waals surface area contributed by atoms with E-state index in [1.165, 1.54) is 0 Å². The number of hydrogen-bond donors (Lipinski definition) is 0. The van der Waals surface area contributed by atoms with Gasteiger partial charge in [0.2, 0.25) is 0 Å². The molecule has 6 rings (SSSR count). The maximum atomic E-state index is 5.96. The molecule has 0 aliphatic heterocycles. The first kappa shape index (κ1) is 19.2. The topological polar surface area (TPSA) is 38.9 Å². The number of para-hydroxylation sites is 1. The maximum absolute atomic E-state index is 5.96. The van der Waals surface area contributed by atoms with Gasteiger partial charge in [0.05, 0.1) is 5.69 Å². The van der Waals surface area contributed by atoms with Crippen LogP contribution in [0.2, 0.25) is 0 Å². The molecule has 0 aliphatic carbocycles. The summed E-state index contributed by atoms with van der Waals surface area (Å²) in [7, 11) is 0. The van der Waals surface area contributed by atoms with Crippen LogP contribution < -0.4 is 0 Å². The lowest BCUT2D eigenvalue weighted by Crippen LogP contribution is -1.95. The largest absolute Gasteiger partial charge is 0.456 e. The molecule has 0 radical (unpaired) electrons. The van der Waals surface area contributed by atoms with Crippen molar-refractivity contribution in [3.8, 4) is 33.8 Å². The number of hydrogen-bond acceptors (Lipinski definition) is 3. The van der Waals surface area contributed by atoms with Crippen LogP contribution in [0.4, 0.5) is 0 Å². The van der Waals surface area contributed by atoms with E-state index in [9.17, 15) is 0 Å². The van der Waals surface area contributed by atoms with Crippen molar-refractivity contribution in [3.05, 3.63) is 107 Å². The summed E-state index contributed by atoms with van der Waals surface area (Å²) in [5.74, 6) is 0.744. The Morgan fingerprint density at radius 2 is 1.22 bits per heavy atom. The van der Waals surface area contributed by atoms with Crippen molar-refractivity contribution in [2.45, 2.75) is 0 Å². The normalized spacial score (nSPS) is 11.3.